The predicted molar refractivity (Wildman–Crippen MR) is 103 cm³/mol. The predicted octanol–water partition coefficient (Wildman–Crippen LogP) is 4.03. The van der Waals surface area contributed by atoms with Crippen molar-refractivity contribution < 1.29 is 4.79 Å². The lowest BCUT2D eigenvalue weighted by Gasteiger charge is -2.19. The van der Waals surface area contributed by atoms with Gasteiger partial charge in [-0.3, -0.25) is 4.79 Å². The number of benzene rings is 2. The van der Waals surface area contributed by atoms with Crippen molar-refractivity contribution in [3.8, 4) is 0 Å². The van der Waals surface area contributed by atoms with Gasteiger partial charge in [0.2, 0.25) is 5.91 Å². The highest BCUT2D eigenvalue weighted by Gasteiger charge is 2.44. The Labute approximate surface area is 157 Å². The topological polar surface area (TPSA) is 55.1 Å². The molecule has 24 heavy (non-hydrogen) atoms. The van der Waals surface area contributed by atoms with E-state index < -0.39 is 6.04 Å². The Kier molecular flexibility index (Phi) is 6.07. The summed E-state index contributed by atoms with van der Waals surface area (Å²) >= 11 is 3.51. The van der Waals surface area contributed by atoms with E-state index in [0.717, 1.165) is 28.4 Å². The van der Waals surface area contributed by atoms with Crippen LogP contribution in [0, 0.1) is 6.92 Å². The van der Waals surface area contributed by atoms with E-state index in [1.165, 1.54) is 5.56 Å². The van der Waals surface area contributed by atoms with Crippen LogP contribution in [0.15, 0.2) is 53.0 Å². The summed E-state index contributed by atoms with van der Waals surface area (Å²) in [6.07, 6.45) is 2.20. The Morgan fingerprint density at radius 2 is 1.92 bits per heavy atom. The minimum absolute atomic E-state index is 0. The Hall–Kier alpha value is -1.36. The first-order valence-electron chi connectivity index (χ1n) is 7.86. The monoisotopic (exact) mass is 408 g/mol. The van der Waals surface area contributed by atoms with Crippen LogP contribution in [-0.2, 0) is 10.2 Å². The van der Waals surface area contributed by atoms with Gasteiger partial charge in [-0.25, -0.2) is 0 Å². The molecule has 5 heteroatoms. The molecule has 128 valence electrons. The minimum atomic E-state index is -0.617. The number of amides is 1. The van der Waals surface area contributed by atoms with E-state index in [1.807, 2.05) is 43.3 Å². The Balaban J connectivity index is 0.00000208. The zero-order valence-corrected chi connectivity index (χ0v) is 16.0. The molecule has 1 unspecified atom stereocenters. The third kappa shape index (κ3) is 4.18. The van der Waals surface area contributed by atoms with Crippen LogP contribution in [0.5, 0.6) is 0 Å². The fourth-order valence-electron chi connectivity index (χ4n) is 2.83. The van der Waals surface area contributed by atoms with Crippen molar-refractivity contribution in [1.82, 2.24) is 5.32 Å². The summed E-state index contributed by atoms with van der Waals surface area (Å²) in [6, 6.07) is 15.5. The van der Waals surface area contributed by atoms with Crippen LogP contribution >= 0.6 is 28.3 Å². The Bertz CT molecular complexity index is 714. The third-order valence-corrected chi connectivity index (χ3v) is 5.10. The lowest BCUT2D eigenvalue weighted by atomic mass is 9.95. The number of carbonyl (C=O) groups excluding carboxylic acids is 1. The first-order chi connectivity index (χ1) is 11.0. The molecular formula is C19H22BrClN2O. The molecule has 3 nitrogen and oxygen atoms in total. The van der Waals surface area contributed by atoms with E-state index in [2.05, 4.69) is 33.4 Å². The van der Waals surface area contributed by atoms with Crippen molar-refractivity contribution in [1.29, 1.82) is 0 Å². The molecule has 0 aromatic heterocycles. The van der Waals surface area contributed by atoms with E-state index in [-0.39, 0.29) is 23.7 Å². The van der Waals surface area contributed by atoms with Gasteiger partial charge in [-0.15, -0.1) is 12.4 Å². The van der Waals surface area contributed by atoms with E-state index in [4.69, 9.17) is 5.73 Å². The summed E-state index contributed by atoms with van der Waals surface area (Å²) in [5, 5.41) is 3.04. The molecule has 2 aromatic rings. The number of rotatable bonds is 5. The lowest BCUT2D eigenvalue weighted by molar-refractivity contribution is -0.122. The number of hydrogen-bond acceptors (Lipinski definition) is 2. The zero-order valence-electron chi connectivity index (χ0n) is 13.6. The SMILES string of the molecule is Cc1ccc(C(N)C(=O)NCC2(c3cccc(Br)c3)CC2)cc1.Cl. The first kappa shape index (κ1) is 19.0. The molecule has 2 aromatic carbocycles. The summed E-state index contributed by atoms with van der Waals surface area (Å²) in [4.78, 5) is 12.4. The number of halogens is 2. The Morgan fingerprint density at radius 3 is 2.50 bits per heavy atom. The maximum Gasteiger partial charge on any atom is 0.241 e. The number of nitrogens with one attached hydrogen (secondary N) is 1. The maximum atomic E-state index is 12.4. The summed E-state index contributed by atoms with van der Waals surface area (Å²) in [5.74, 6) is -0.116. The van der Waals surface area contributed by atoms with E-state index >= 15 is 0 Å². The van der Waals surface area contributed by atoms with E-state index in [0.29, 0.717) is 6.54 Å². The average molecular weight is 410 g/mol. The van der Waals surface area contributed by atoms with Crippen LogP contribution in [0.1, 0.15) is 35.6 Å². The highest BCUT2D eigenvalue weighted by Crippen LogP contribution is 2.48. The molecule has 1 amide bonds. The second-order valence-electron chi connectivity index (χ2n) is 6.40. The number of carbonyl (C=O) groups is 1. The fourth-order valence-corrected chi connectivity index (χ4v) is 3.23. The molecule has 0 aliphatic heterocycles. The Morgan fingerprint density at radius 1 is 1.25 bits per heavy atom. The van der Waals surface area contributed by atoms with Crippen molar-refractivity contribution in [3.05, 3.63) is 69.7 Å². The van der Waals surface area contributed by atoms with Gasteiger partial charge in [-0.2, -0.15) is 0 Å². The molecule has 0 saturated heterocycles. The molecule has 1 fully saturated rings. The highest BCUT2D eigenvalue weighted by molar-refractivity contribution is 9.10. The molecule has 1 aliphatic carbocycles. The molecule has 0 heterocycles. The van der Waals surface area contributed by atoms with Crippen LogP contribution in [0.25, 0.3) is 0 Å². The van der Waals surface area contributed by atoms with Crippen molar-refractivity contribution in [3.63, 3.8) is 0 Å². The lowest BCUT2D eigenvalue weighted by Crippen LogP contribution is -2.38. The largest absolute Gasteiger partial charge is 0.354 e. The van der Waals surface area contributed by atoms with Crippen molar-refractivity contribution in [2.24, 2.45) is 5.73 Å². The normalized spacial score (nSPS) is 16.0. The van der Waals surface area contributed by atoms with Gasteiger partial charge in [-0.05, 0) is 43.0 Å². The third-order valence-electron chi connectivity index (χ3n) is 4.61. The standard InChI is InChI=1S/C19H21BrN2O.ClH/c1-13-5-7-14(8-6-13)17(21)18(23)22-12-19(9-10-19)15-3-2-4-16(20)11-15;/h2-8,11,17H,9-10,12,21H2,1H3,(H,22,23);1H. The van der Waals surface area contributed by atoms with E-state index in [9.17, 15) is 4.79 Å². The van der Waals surface area contributed by atoms with Gasteiger partial charge in [0.15, 0.2) is 0 Å². The average Bonchev–Trinajstić information content (AvgIpc) is 3.34. The summed E-state index contributed by atoms with van der Waals surface area (Å²) < 4.78 is 1.07. The minimum Gasteiger partial charge on any atom is -0.354 e. The second kappa shape index (κ2) is 7.68. The molecule has 3 N–H and O–H groups in total. The molecule has 1 aliphatic rings. The number of nitrogens with two attached hydrogens (primary N) is 1. The summed E-state index contributed by atoms with van der Waals surface area (Å²) in [6.45, 7) is 2.66. The fraction of sp³-hybridized carbons (Fsp3) is 0.316. The summed E-state index contributed by atoms with van der Waals surface area (Å²) in [5.41, 5.74) is 9.44. The van der Waals surface area contributed by atoms with Gasteiger partial charge in [0.05, 0.1) is 0 Å². The quantitative estimate of drug-likeness (QED) is 0.783. The number of hydrogen-bond donors (Lipinski definition) is 2. The van der Waals surface area contributed by atoms with Crippen molar-refractivity contribution >= 4 is 34.2 Å². The van der Waals surface area contributed by atoms with Gasteiger partial charge in [0, 0.05) is 16.4 Å². The van der Waals surface area contributed by atoms with Crippen LogP contribution in [0.3, 0.4) is 0 Å². The van der Waals surface area contributed by atoms with Crippen LogP contribution < -0.4 is 11.1 Å². The second-order valence-corrected chi connectivity index (χ2v) is 7.31. The van der Waals surface area contributed by atoms with E-state index in [1.54, 1.807) is 0 Å². The summed E-state index contributed by atoms with van der Waals surface area (Å²) in [7, 11) is 0. The van der Waals surface area contributed by atoms with Gasteiger partial charge in [0.1, 0.15) is 6.04 Å². The van der Waals surface area contributed by atoms with Crippen LogP contribution in [-0.4, -0.2) is 12.5 Å². The molecule has 1 saturated carbocycles. The smallest absolute Gasteiger partial charge is 0.241 e. The highest BCUT2D eigenvalue weighted by atomic mass is 79.9. The molecule has 3 rings (SSSR count). The molecular weight excluding hydrogens is 388 g/mol. The van der Waals surface area contributed by atoms with Crippen molar-refractivity contribution in [2.75, 3.05) is 6.54 Å². The first-order valence-corrected chi connectivity index (χ1v) is 8.65. The van der Waals surface area contributed by atoms with Crippen LogP contribution in [0.2, 0.25) is 0 Å². The maximum absolute atomic E-state index is 12.4. The molecule has 0 bridgehead atoms. The molecule has 0 radical (unpaired) electrons. The van der Waals surface area contributed by atoms with Crippen LogP contribution in [0.4, 0.5) is 0 Å². The van der Waals surface area contributed by atoms with Gasteiger partial charge < -0.3 is 11.1 Å². The van der Waals surface area contributed by atoms with Gasteiger partial charge in [0.25, 0.3) is 0 Å². The number of aryl methyl sites for hydroxylation is 1. The molecule has 1 atom stereocenters. The van der Waals surface area contributed by atoms with Gasteiger partial charge >= 0.3 is 0 Å². The zero-order chi connectivity index (χ0) is 16.4. The van der Waals surface area contributed by atoms with Crippen molar-refractivity contribution in [2.45, 2.75) is 31.2 Å². The van der Waals surface area contributed by atoms with Gasteiger partial charge in [-0.1, -0.05) is 57.9 Å². The molecule has 0 spiro atoms.